The topological polar surface area (TPSA) is 95.5 Å². The van der Waals surface area contributed by atoms with E-state index in [2.05, 4.69) is 10.6 Å². The van der Waals surface area contributed by atoms with E-state index in [1.54, 1.807) is 18.2 Å². The van der Waals surface area contributed by atoms with Gasteiger partial charge < -0.3 is 15.7 Å². The molecule has 1 aromatic rings. The molecule has 1 unspecified atom stereocenters. The normalized spacial score (nSPS) is 14.2. The van der Waals surface area contributed by atoms with E-state index in [-0.39, 0.29) is 5.91 Å². The average Bonchev–Trinajstić information content (AvgIpc) is 2.81. The van der Waals surface area contributed by atoms with E-state index in [1.165, 1.54) is 0 Å². The van der Waals surface area contributed by atoms with Crippen LogP contribution in [0.3, 0.4) is 0 Å². The molecular weight excluding hydrogens is 272 g/mol. The van der Waals surface area contributed by atoms with Gasteiger partial charge in [-0.25, -0.2) is 4.79 Å². The Morgan fingerprint density at radius 3 is 2.86 bits per heavy atom. The summed E-state index contributed by atoms with van der Waals surface area (Å²) < 4.78 is 0. The molecule has 1 atom stereocenters. The zero-order chi connectivity index (χ0) is 15.4. The first-order valence-electron chi connectivity index (χ1n) is 6.97. The van der Waals surface area contributed by atoms with Crippen LogP contribution in [0, 0.1) is 0 Å². The molecule has 2 amide bonds. The van der Waals surface area contributed by atoms with Gasteiger partial charge in [-0.3, -0.25) is 9.59 Å². The summed E-state index contributed by atoms with van der Waals surface area (Å²) in [5.74, 6) is -1.58. The van der Waals surface area contributed by atoms with Crippen LogP contribution in [-0.2, 0) is 16.0 Å². The summed E-state index contributed by atoms with van der Waals surface area (Å²) in [5.41, 5.74) is 1.81. The number of rotatable bonds is 6. The van der Waals surface area contributed by atoms with Crippen LogP contribution in [0.25, 0.3) is 0 Å². The van der Waals surface area contributed by atoms with Gasteiger partial charge in [0.25, 0.3) is 5.91 Å². The van der Waals surface area contributed by atoms with Crippen molar-refractivity contribution in [2.75, 3.05) is 5.32 Å². The van der Waals surface area contributed by atoms with E-state index in [4.69, 9.17) is 5.11 Å². The number of nitrogens with one attached hydrogen (secondary N) is 2. The third kappa shape index (κ3) is 3.59. The number of carbonyl (C=O) groups is 3. The largest absolute Gasteiger partial charge is 0.480 e. The van der Waals surface area contributed by atoms with Crippen LogP contribution in [0.1, 0.15) is 42.1 Å². The summed E-state index contributed by atoms with van der Waals surface area (Å²) in [7, 11) is 0. The molecule has 0 saturated heterocycles. The van der Waals surface area contributed by atoms with Gasteiger partial charge >= 0.3 is 5.97 Å². The second-order valence-corrected chi connectivity index (χ2v) is 5.10. The fourth-order valence-electron chi connectivity index (χ4n) is 2.26. The van der Waals surface area contributed by atoms with Crippen molar-refractivity contribution in [3.63, 3.8) is 0 Å². The van der Waals surface area contributed by atoms with Gasteiger partial charge in [0.2, 0.25) is 5.91 Å². The zero-order valence-electron chi connectivity index (χ0n) is 11.8. The predicted molar refractivity (Wildman–Crippen MR) is 77.2 cm³/mol. The standard InChI is InChI=1S/C15H18N2O4/c1-2-3-4-11(15(20)21)17-14(19)10-6-5-9-8-13(18)16-12(9)7-10/h5-7,11H,2-4,8H2,1H3,(H,16,18)(H,17,19)(H,20,21). The Balaban J connectivity index is 2.07. The molecule has 0 aromatic heterocycles. The molecule has 2 rings (SSSR count). The van der Waals surface area contributed by atoms with Crippen molar-refractivity contribution in [1.29, 1.82) is 0 Å². The Hall–Kier alpha value is -2.37. The summed E-state index contributed by atoms with van der Waals surface area (Å²) in [5, 5.41) is 14.3. The zero-order valence-corrected chi connectivity index (χ0v) is 11.8. The number of aliphatic carboxylic acids is 1. The highest BCUT2D eigenvalue weighted by Gasteiger charge is 2.22. The van der Waals surface area contributed by atoms with Gasteiger partial charge in [-0.1, -0.05) is 25.8 Å². The Morgan fingerprint density at radius 2 is 2.19 bits per heavy atom. The molecule has 3 N–H and O–H groups in total. The number of fused-ring (bicyclic) bond motifs is 1. The monoisotopic (exact) mass is 290 g/mol. The first kappa shape index (κ1) is 15.0. The predicted octanol–water partition coefficient (Wildman–Crippen LogP) is 1.55. The van der Waals surface area contributed by atoms with Crippen LogP contribution in [-0.4, -0.2) is 28.9 Å². The summed E-state index contributed by atoms with van der Waals surface area (Å²) in [6, 6.07) is 4.01. The van der Waals surface area contributed by atoms with E-state index in [9.17, 15) is 14.4 Å². The van der Waals surface area contributed by atoms with Crippen LogP contribution in [0.4, 0.5) is 5.69 Å². The molecule has 1 heterocycles. The molecule has 0 aliphatic carbocycles. The van der Waals surface area contributed by atoms with Crippen molar-refractivity contribution in [1.82, 2.24) is 5.32 Å². The molecule has 21 heavy (non-hydrogen) atoms. The molecule has 0 radical (unpaired) electrons. The SMILES string of the molecule is CCCCC(NC(=O)c1ccc2c(c1)NC(=O)C2)C(=O)O. The highest BCUT2D eigenvalue weighted by molar-refractivity contribution is 6.02. The van der Waals surface area contributed by atoms with Gasteiger partial charge in [0.1, 0.15) is 6.04 Å². The Morgan fingerprint density at radius 1 is 1.43 bits per heavy atom. The summed E-state index contributed by atoms with van der Waals surface area (Å²) in [4.78, 5) is 34.5. The summed E-state index contributed by atoms with van der Waals surface area (Å²) in [6.45, 7) is 1.96. The van der Waals surface area contributed by atoms with Crippen LogP contribution in [0.2, 0.25) is 0 Å². The number of carbonyl (C=O) groups excluding carboxylic acids is 2. The van der Waals surface area contributed by atoms with Gasteiger partial charge in [-0.05, 0) is 24.1 Å². The van der Waals surface area contributed by atoms with Gasteiger partial charge in [-0.2, -0.15) is 0 Å². The number of amides is 2. The fraction of sp³-hybridized carbons (Fsp3) is 0.400. The maximum Gasteiger partial charge on any atom is 0.326 e. The minimum atomic E-state index is -1.04. The van der Waals surface area contributed by atoms with Crippen molar-refractivity contribution < 1.29 is 19.5 Å². The number of carboxylic acid groups (broad SMARTS) is 1. The van der Waals surface area contributed by atoms with Gasteiger partial charge in [0, 0.05) is 11.3 Å². The molecule has 1 aromatic carbocycles. The van der Waals surface area contributed by atoms with Crippen molar-refractivity contribution in [3.05, 3.63) is 29.3 Å². The minimum Gasteiger partial charge on any atom is -0.480 e. The van der Waals surface area contributed by atoms with E-state index in [1.807, 2.05) is 6.92 Å². The third-order valence-electron chi connectivity index (χ3n) is 3.45. The number of hydrogen-bond acceptors (Lipinski definition) is 3. The highest BCUT2D eigenvalue weighted by Crippen LogP contribution is 2.24. The molecular formula is C15H18N2O4. The van der Waals surface area contributed by atoms with Crippen molar-refractivity contribution in [2.24, 2.45) is 0 Å². The molecule has 0 fully saturated rings. The van der Waals surface area contributed by atoms with E-state index >= 15 is 0 Å². The van der Waals surface area contributed by atoms with Crippen molar-refractivity contribution >= 4 is 23.5 Å². The second-order valence-electron chi connectivity index (χ2n) is 5.10. The number of hydrogen-bond donors (Lipinski definition) is 3. The molecule has 6 heteroatoms. The smallest absolute Gasteiger partial charge is 0.326 e. The summed E-state index contributed by atoms with van der Waals surface area (Å²) >= 11 is 0. The maximum absolute atomic E-state index is 12.1. The first-order chi connectivity index (χ1) is 10.0. The van der Waals surface area contributed by atoms with Crippen molar-refractivity contribution in [3.8, 4) is 0 Å². The number of carboxylic acids is 1. The molecule has 1 aliphatic rings. The van der Waals surface area contributed by atoms with E-state index in [0.29, 0.717) is 24.1 Å². The van der Waals surface area contributed by atoms with Gasteiger partial charge in [0.05, 0.1) is 6.42 Å². The number of benzene rings is 1. The van der Waals surface area contributed by atoms with Crippen LogP contribution < -0.4 is 10.6 Å². The van der Waals surface area contributed by atoms with Gasteiger partial charge in [-0.15, -0.1) is 0 Å². The van der Waals surface area contributed by atoms with Crippen LogP contribution in [0.15, 0.2) is 18.2 Å². The fourth-order valence-corrected chi connectivity index (χ4v) is 2.26. The lowest BCUT2D eigenvalue weighted by Gasteiger charge is -2.14. The van der Waals surface area contributed by atoms with E-state index < -0.39 is 17.9 Å². The van der Waals surface area contributed by atoms with E-state index in [0.717, 1.165) is 18.4 Å². The van der Waals surface area contributed by atoms with Crippen molar-refractivity contribution in [2.45, 2.75) is 38.6 Å². The Kier molecular flexibility index (Phi) is 4.57. The van der Waals surface area contributed by atoms with Crippen LogP contribution >= 0.6 is 0 Å². The Bertz CT molecular complexity index is 583. The molecule has 112 valence electrons. The molecule has 0 spiro atoms. The number of unbranched alkanes of at least 4 members (excludes halogenated alkanes) is 1. The quantitative estimate of drug-likeness (QED) is 0.740. The lowest BCUT2D eigenvalue weighted by atomic mass is 10.1. The van der Waals surface area contributed by atoms with Crippen LogP contribution in [0.5, 0.6) is 0 Å². The maximum atomic E-state index is 12.1. The third-order valence-corrected chi connectivity index (χ3v) is 3.45. The average molecular weight is 290 g/mol. The highest BCUT2D eigenvalue weighted by atomic mass is 16.4. The minimum absolute atomic E-state index is 0.103. The Labute approximate surface area is 122 Å². The lowest BCUT2D eigenvalue weighted by Crippen LogP contribution is -2.40. The summed E-state index contributed by atoms with van der Waals surface area (Å²) in [6.07, 6.45) is 2.31. The molecule has 6 nitrogen and oxygen atoms in total. The second kappa shape index (κ2) is 6.39. The molecule has 0 saturated carbocycles. The lowest BCUT2D eigenvalue weighted by molar-refractivity contribution is -0.139. The van der Waals surface area contributed by atoms with Gasteiger partial charge in [0.15, 0.2) is 0 Å². The molecule has 1 aliphatic heterocycles. The first-order valence-corrected chi connectivity index (χ1v) is 6.97. The molecule has 0 bridgehead atoms. The number of anilines is 1.